The minimum absolute atomic E-state index is 0. The summed E-state index contributed by atoms with van der Waals surface area (Å²) in [6.07, 6.45) is 0. The molecular formula is C4H14Cl2O2P4. The van der Waals surface area contributed by atoms with Gasteiger partial charge in [0, 0.05) is 15.5 Å². The van der Waals surface area contributed by atoms with Crippen molar-refractivity contribution in [1.82, 2.24) is 0 Å². The fraction of sp³-hybridized carbons (Fsp3) is 0.500. The van der Waals surface area contributed by atoms with E-state index in [1.807, 2.05) is 0 Å². The first-order chi connectivity index (χ1) is 4.54. The summed E-state index contributed by atoms with van der Waals surface area (Å²) in [7, 11) is 2.55. The zero-order valence-electron chi connectivity index (χ0n) is 6.84. The number of halogens is 2. The first-order valence-corrected chi connectivity index (χ1v) is 7.33. The van der Waals surface area contributed by atoms with E-state index in [2.05, 4.69) is 18.5 Å². The van der Waals surface area contributed by atoms with E-state index < -0.39 is 15.5 Å². The normalized spacial score (nSPS) is 10.2. The lowest BCUT2D eigenvalue weighted by molar-refractivity contribution is -0.152. The Morgan fingerprint density at radius 3 is 1.00 bits per heavy atom. The van der Waals surface area contributed by atoms with Crippen molar-refractivity contribution in [3.8, 4) is 0 Å². The van der Waals surface area contributed by atoms with Crippen LogP contribution < -0.4 is 9.79 Å². The third kappa shape index (κ3) is 41.2. The van der Waals surface area contributed by atoms with Crippen molar-refractivity contribution in [2.75, 3.05) is 13.3 Å². The molecule has 0 aliphatic heterocycles. The molecule has 0 saturated heterocycles. The Labute approximate surface area is 93.1 Å². The molecule has 0 heterocycles. The second-order valence-electron chi connectivity index (χ2n) is 1.39. The molecule has 12 heavy (non-hydrogen) atoms. The van der Waals surface area contributed by atoms with Crippen LogP contribution >= 0.6 is 58.8 Å². The van der Waals surface area contributed by atoms with Crippen LogP contribution in [-0.2, 0) is 0 Å². The van der Waals surface area contributed by atoms with Crippen molar-refractivity contribution < 1.29 is 9.79 Å². The largest absolute Gasteiger partial charge is 0.631 e. The third-order valence-corrected chi connectivity index (χ3v) is 3.78. The molecule has 4 atom stereocenters. The van der Waals surface area contributed by atoms with Crippen LogP contribution in [0.3, 0.4) is 0 Å². The molecule has 8 heteroatoms. The van der Waals surface area contributed by atoms with Crippen LogP contribution in [0.2, 0.25) is 0 Å². The molecule has 4 unspecified atom stereocenters. The van der Waals surface area contributed by atoms with E-state index in [4.69, 9.17) is 0 Å². The van der Waals surface area contributed by atoms with Crippen LogP contribution in [0.4, 0.5) is 0 Å². The van der Waals surface area contributed by atoms with Gasteiger partial charge in [-0.15, -0.1) is 24.8 Å². The summed E-state index contributed by atoms with van der Waals surface area (Å²) in [4.78, 5) is 19.8. The van der Waals surface area contributed by atoms with Gasteiger partial charge in [-0.2, -0.15) is 0 Å². The maximum atomic E-state index is 9.88. The first-order valence-electron chi connectivity index (χ1n) is 2.44. The third-order valence-electron chi connectivity index (χ3n) is 0.420. The lowest BCUT2D eigenvalue weighted by Crippen LogP contribution is -1.81. The van der Waals surface area contributed by atoms with Crippen LogP contribution in [0.15, 0.2) is 0 Å². The Bertz CT molecular complexity index is 115. The van der Waals surface area contributed by atoms with Gasteiger partial charge in [-0.05, 0) is 0 Å². The SMILES string of the molecule is C/[P+]([O-])=C/P.C/[P+]([O-])=C/P.Cl.Cl. The fourth-order valence-corrected chi connectivity index (χ4v) is 0. The quantitative estimate of drug-likeness (QED) is 0.621. The molecule has 0 rings (SSSR count). The second-order valence-corrected chi connectivity index (χ2v) is 5.96. The van der Waals surface area contributed by atoms with Crippen molar-refractivity contribution >= 4 is 69.9 Å². The highest BCUT2D eigenvalue weighted by atomic mass is 35.5. The van der Waals surface area contributed by atoms with Crippen molar-refractivity contribution in [2.45, 2.75) is 0 Å². The topological polar surface area (TPSA) is 46.1 Å². The van der Waals surface area contributed by atoms with Gasteiger partial charge in [0.2, 0.25) is 0 Å². The predicted octanol–water partition coefficient (Wildman–Crippen LogP) is 0.860. The Morgan fingerprint density at radius 1 is 0.917 bits per heavy atom. The van der Waals surface area contributed by atoms with Gasteiger partial charge in [0.1, 0.15) is 0 Å². The zero-order chi connectivity index (χ0) is 8.57. The summed E-state index contributed by atoms with van der Waals surface area (Å²) in [6, 6.07) is 0. The van der Waals surface area contributed by atoms with E-state index in [1.165, 1.54) is 0 Å². The standard InChI is InChI=1S/2C2H6OP2.2ClH/c2*1-5(3)2-4;;/h2*2H,4H2,1H3;2*1H. The van der Waals surface area contributed by atoms with Crippen molar-refractivity contribution in [3.05, 3.63) is 0 Å². The number of hydrogen-bond acceptors (Lipinski definition) is 2. The average Bonchev–Trinajstić information content (AvgIpc) is 1.89. The van der Waals surface area contributed by atoms with Gasteiger partial charge in [-0.1, -0.05) is 18.5 Å². The van der Waals surface area contributed by atoms with E-state index in [-0.39, 0.29) is 24.8 Å². The molecule has 0 spiro atoms. The summed E-state index contributed by atoms with van der Waals surface area (Å²) in [5, 5.41) is 0. The van der Waals surface area contributed by atoms with Gasteiger partial charge in [0.05, 0.1) is 24.4 Å². The van der Waals surface area contributed by atoms with Crippen molar-refractivity contribution in [1.29, 1.82) is 0 Å². The summed E-state index contributed by atoms with van der Waals surface area (Å²) in [5.74, 6) is 0. The van der Waals surface area contributed by atoms with Crippen molar-refractivity contribution in [3.63, 3.8) is 0 Å². The van der Waals surface area contributed by atoms with Gasteiger partial charge in [-0.3, -0.25) is 0 Å². The Hall–Kier alpha value is 1.70. The summed E-state index contributed by atoms with van der Waals surface area (Å²) >= 11 is 0. The highest BCUT2D eigenvalue weighted by Crippen LogP contribution is 2.00. The number of hydrogen-bond donors (Lipinski definition) is 0. The molecule has 0 aromatic rings. The van der Waals surface area contributed by atoms with Crippen LogP contribution in [0.5, 0.6) is 0 Å². The Morgan fingerprint density at radius 2 is 1.00 bits per heavy atom. The molecule has 76 valence electrons. The van der Waals surface area contributed by atoms with Crippen LogP contribution in [-0.4, -0.2) is 24.4 Å². The van der Waals surface area contributed by atoms with Crippen LogP contribution in [0.25, 0.3) is 0 Å². The minimum Gasteiger partial charge on any atom is -0.631 e. The highest BCUT2D eigenvalue weighted by Gasteiger charge is 1.65. The summed E-state index contributed by atoms with van der Waals surface area (Å²) < 4.78 is 0. The van der Waals surface area contributed by atoms with Crippen LogP contribution in [0, 0.1) is 0 Å². The van der Waals surface area contributed by atoms with Gasteiger partial charge < -0.3 is 9.79 Å². The van der Waals surface area contributed by atoms with E-state index in [1.54, 1.807) is 24.4 Å². The molecule has 2 nitrogen and oxygen atoms in total. The molecule has 0 aromatic heterocycles. The van der Waals surface area contributed by atoms with Crippen molar-refractivity contribution in [2.24, 2.45) is 0 Å². The molecular weight excluding hydrogens is 275 g/mol. The minimum atomic E-state index is -1.01. The summed E-state index contributed by atoms with van der Waals surface area (Å²) in [5.41, 5.74) is 3.19. The lowest BCUT2D eigenvalue weighted by atomic mass is 11.9. The van der Waals surface area contributed by atoms with E-state index in [9.17, 15) is 9.79 Å². The number of rotatable bonds is 0. The average molecular weight is 289 g/mol. The molecule has 0 aliphatic carbocycles. The molecule has 0 bridgehead atoms. The predicted molar refractivity (Wildman–Crippen MR) is 71.7 cm³/mol. The molecule has 0 fully saturated rings. The zero-order valence-corrected chi connectivity index (χ0v) is 12.6. The molecule has 0 saturated carbocycles. The van der Waals surface area contributed by atoms with E-state index in [0.29, 0.717) is 0 Å². The smallest absolute Gasteiger partial charge is 0.0963 e. The Kier molecular flexibility index (Phi) is 36.2. The molecule has 0 N–H and O–H groups in total. The Balaban J connectivity index is -0.0000000457. The lowest BCUT2D eigenvalue weighted by Gasteiger charge is -1.76. The molecule has 0 aliphatic rings. The van der Waals surface area contributed by atoms with Gasteiger partial charge in [-0.25, -0.2) is 0 Å². The van der Waals surface area contributed by atoms with Gasteiger partial charge in [0.25, 0.3) is 0 Å². The second kappa shape index (κ2) is 18.5. The summed E-state index contributed by atoms with van der Waals surface area (Å²) in [6.45, 7) is 3.31. The van der Waals surface area contributed by atoms with E-state index >= 15 is 0 Å². The molecule has 0 radical (unpaired) electrons. The first kappa shape index (κ1) is 23.5. The highest BCUT2D eigenvalue weighted by molar-refractivity contribution is 7.65. The van der Waals surface area contributed by atoms with Gasteiger partial charge in [0.15, 0.2) is 0 Å². The maximum absolute atomic E-state index is 9.88. The molecule has 0 aromatic carbocycles. The van der Waals surface area contributed by atoms with Gasteiger partial charge >= 0.3 is 0 Å². The maximum Gasteiger partial charge on any atom is 0.0963 e. The molecule has 0 amide bonds. The van der Waals surface area contributed by atoms with E-state index in [0.717, 1.165) is 0 Å². The monoisotopic (exact) mass is 288 g/mol. The van der Waals surface area contributed by atoms with Crippen LogP contribution in [0.1, 0.15) is 0 Å². The fourth-order valence-electron chi connectivity index (χ4n) is 0.